The molecule has 0 aliphatic rings. The van der Waals surface area contributed by atoms with Gasteiger partial charge in [0, 0.05) is 24.3 Å². The van der Waals surface area contributed by atoms with Gasteiger partial charge in [-0.15, -0.1) is 0 Å². The SMILES string of the molecule is CCCCc1ccc(C(=O)/C=C/c2ccc(NCCN(C)C)cc2)cc1. The first-order valence-electron chi connectivity index (χ1n) is 9.38. The van der Waals surface area contributed by atoms with Crippen molar-refractivity contribution in [2.45, 2.75) is 26.2 Å². The lowest BCUT2D eigenvalue weighted by molar-refractivity contribution is 0.104. The molecule has 2 aromatic rings. The summed E-state index contributed by atoms with van der Waals surface area (Å²) in [4.78, 5) is 14.5. The third-order valence-electron chi connectivity index (χ3n) is 4.28. The number of hydrogen-bond donors (Lipinski definition) is 1. The van der Waals surface area contributed by atoms with Crippen molar-refractivity contribution in [2.75, 3.05) is 32.5 Å². The summed E-state index contributed by atoms with van der Waals surface area (Å²) in [6, 6.07) is 16.1. The van der Waals surface area contributed by atoms with E-state index in [2.05, 4.69) is 43.4 Å². The summed E-state index contributed by atoms with van der Waals surface area (Å²) in [5.74, 6) is 0.0419. The van der Waals surface area contributed by atoms with Crippen LogP contribution in [-0.2, 0) is 6.42 Å². The molecule has 0 aliphatic heterocycles. The predicted octanol–water partition coefficient (Wildman–Crippen LogP) is 4.90. The van der Waals surface area contributed by atoms with Crippen molar-refractivity contribution in [2.24, 2.45) is 0 Å². The summed E-state index contributed by atoms with van der Waals surface area (Å²) in [7, 11) is 4.12. The molecule has 0 saturated heterocycles. The van der Waals surface area contributed by atoms with Gasteiger partial charge in [0.2, 0.25) is 0 Å². The number of carbonyl (C=O) groups excluding carboxylic acids is 1. The molecular weight excluding hydrogens is 320 g/mol. The number of allylic oxidation sites excluding steroid dienone is 1. The summed E-state index contributed by atoms with van der Waals surface area (Å²) >= 11 is 0. The Kier molecular flexibility index (Phi) is 8.10. The molecule has 26 heavy (non-hydrogen) atoms. The maximum atomic E-state index is 12.3. The van der Waals surface area contributed by atoms with Crippen LogP contribution in [0.4, 0.5) is 5.69 Å². The molecule has 0 saturated carbocycles. The number of aryl methyl sites for hydroxylation is 1. The highest BCUT2D eigenvalue weighted by molar-refractivity contribution is 6.06. The summed E-state index contributed by atoms with van der Waals surface area (Å²) in [5, 5.41) is 3.38. The normalized spacial score (nSPS) is 11.2. The van der Waals surface area contributed by atoms with Crippen LogP contribution in [0.2, 0.25) is 0 Å². The van der Waals surface area contributed by atoms with Crippen LogP contribution < -0.4 is 5.32 Å². The number of anilines is 1. The quantitative estimate of drug-likeness (QED) is 0.489. The molecule has 2 rings (SSSR count). The van der Waals surface area contributed by atoms with E-state index in [1.165, 1.54) is 18.4 Å². The molecule has 0 fully saturated rings. The highest BCUT2D eigenvalue weighted by Crippen LogP contribution is 2.12. The molecule has 3 heteroatoms. The van der Waals surface area contributed by atoms with Crippen LogP contribution in [0.3, 0.4) is 0 Å². The van der Waals surface area contributed by atoms with E-state index in [9.17, 15) is 4.79 Å². The van der Waals surface area contributed by atoms with Crippen molar-refractivity contribution in [3.05, 3.63) is 71.3 Å². The Morgan fingerprint density at radius 2 is 1.73 bits per heavy atom. The van der Waals surface area contributed by atoms with Gasteiger partial charge < -0.3 is 10.2 Å². The molecular formula is C23H30N2O. The fourth-order valence-electron chi connectivity index (χ4n) is 2.62. The van der Waals surface area contributed by atoms with Gasteiger partial charge >= 0.3 is 0 Å². The second-order valence-corrected chi connectivity index (χ2v) is 6.85. The smallest absolute Gasteiger partial charge is 0.185 e. The highest BCUT2D eigenvalue weighted by Gasteiger charge is 2.02. The minimum atomic E-state index is 0.0419. The fourth-order valence-corrected chi connectivity index (χ4v) is 2.62. The lowest BCUT2D eigenvalue weighted by Gasteiger charge is -2.11. The Balaban J connectivity index is 1.88. The first kappa shape index (κ1) is 19.9. The highest BCUT2D eigenvalue weighted by atomic mass is 16.1. The van der Waals surface area contributed by atoms with E-state index in [4.69, 9.17) is 0 Å². The topological polar surface area (TPSA) is 32.3 Å². The maximum Gasteiger partial charge on any atom is 0.185 e. The summed E-state index contributed by atoms with van der Waals surface area (Å²) < 4.78 is 0. The van der Waals surface area contributed by atoms with Gasteiger partial charge in [0.25, 0.3) is 0 Å². The van der Waals surface area contributed by atoms with Gasteiger partial charge in [0.15, 0.2) is 5.78 Å². The molecule has 0 radical (unpaired) electrons. The van der Waals surface area contributed by atoms with Gasteiger partial charge in [-0.05, 0) is 56.3 Å². The molecule has 0 amide bonds. The first-order valence-corrected chi connectivity index (χ1v) is 9.38. The van der Waals surface area contributed by atoms with Crippen molar-refractivity contribution >= 4 is 17.5 Å². The Bertz CT molecular complexity index is 700. The Morgan fingerprint density at radius 1 is 1.04 bits per heavy atom. The fraction of sp³-hybridized carbons (Fsp3) is 0.348. The third-order valence-corrected chi connectivity index (χ3v) is 4.28. The molecule has 138 valence electrons. The van der Waals surface area contributed by atoms with Crippen LogP contribution in [0.1, 0.15) is 41.3 Å². The van der Waals surface area contributed by atoms with E-state index in [0.29, 0.717) is 0 Å². The number of likely N-dealkylation sites (N-methyl/N-ethyl adjacent to an activating group) is 1. The second kappa shape index (κ2) is 10.6. The van der Waals surface area contributed by atoms with E-state index >= 15 is 0 Å². The zero-order chi connectivity index (χ0) is 18.8. The predicted molar refractivity (Wildman–Crippen MR) is 112 cm³/mol. The molecule has 3 nitrogen and oxygen atoms in total. The minimum absolute atomic E-state index is 0.0419. The molecule has 0 unspecified atom stereocenters. The lowest BCUT2D eigenvalue weighted by Crippen LogP contribution is -2.20. The Hall–Kier alpha value is -2.39. The van der Waals surface area contributed by atoms with Crippen LogP contribution in [0.25, 0.3) is 6.08 Å². The standard InChI is InChI=1S/C23H30N2O/c1-4-5-6-19-7-12-21(13-8-19)23(26)16-11-20-9-14-22(15-10-20)24-17-18-25(2)3/h7-16,24H,4-6,17-18H2,1-3H3/b16-11+. The molecule has 2 aromatic carbocycles. The van der Waals surface area contributed by atoms with E-state index < -0.39 is 0 Å². The number of carbonyl (C=O) groups is 1. The largest absolute Gasteiger partial charge is 0.384 e. The number of unbranched alkanes of at least 4 members (excludes halogenated alkanes) is 1. The number of nitrogens with zero attached hydrogens (tertiary/aromatic N) is 1. The molecule has 0 atom stereocenters. The molecule has 0 bridgehead atoms. The van der Waals surface area contributed by atoms with Crippen LogP contribution in [0.5, 0.6) is 0 Å². The van der Waals surface area contributed by atoms with E-state index in [-0.39, 0.29) is 5.78 Å². The van der Waals surface area contributed by atoms with Gasteiger partial charge in [0.1, 0.15) is 0 Å². The first-order chi connectivity index (χ1) is 12.6. The number of rotatable bonds is 10. The van der Waals surface area contributed by atoms with Crippen LogP contribution in [0.15, 0.2) is 54.6 Å². The van der Waals surface area contributed by atoms with Crippen molar-refractivity contribution in [3.8, 4) is 0 Å². The van der Waals surface area contributed by atoms with Crippen molar-refractivity contribution in [1.82, 2.24) is 4.90 Å². The summed E-state index contributed by atoms with van der Waals surface area (Å²) in [5.41, 5.74) is 4.15. The minimum Gasteiger partial charge on any atom is -0.384 e. The Morgan fingerprint density at radius 3 is 2.35 bits per heavy atom. The molecule has 0 heterocycles. The van der Waals surface area contributed by atoms with Gasteiger partial charge in [-0.25, -0.2) is 0 Å². The number of ketones is 1. The number of benzene rings is 2. The second-order valence-electron chi connectivity index (χ2n) is 6.85. The van der Waals surface area contributed by atoms with Gasteiger partial charge in [-0.1, -0.05) is 55.8 Å². The zero-order valence-electron chi connectivity index (χ0n) is 16.2. The van der Waals surface area contributed by atoms with E-state index in [0.717, 1.165) is 36.3 Å². The lowest BCUT2D eigenvalue weighted by atomic mass is 10.0. The van der Waals surface area contributed by atoms with Crippen LogP contribution in [0, 0.1) is 0 Å². The third kappa shape index (κ3) is 6.85. The molecule has 0 aliphatic carbocycles. The van der Waals surface area contributed by atoms with Crippen molar-refractivity contribution in [1.29, 1.82) is 0 Å². The van der Waals surface area contributed by atoms with Crippen molar-refractivity contribution in [3.63, 3.8) is 0 Å². The zero-order valence-corrected chi connectivity index (χ0v) is 16.2. The summed E-state index contributed by atoms with van der Waals surface area (Å²) in [6.45, 7) is 4.09. The van der Waals surface area contributed by atoms with Gasteiger partial charge in [-0.3, -0.25) is 4.79 Å². The van der Waals surface area contributed by atoms with E-state index in [1.807, 2.05) is 42.5 Å². The average Bonchev–Trinajstić information content (AvgIpc) is 2.65. The summed E-state index contributed by atoms with van der Waals surface area (Å²) in [6.07, 6.45) is 6.97. The van der Waals surface area contributed by atoms with E-state index in [1.54, 1.807) is 6.08 Å². The van der Waals surface area contributed by atoms with Crippen LogP contribution >= 0.6 is 0 Å². The average molecular weight is 351 g/mol. The Labute approximate surface area is 157 Å². The number of nitrogens with one attached hydrogen (secondary N) is 1. The van der Waals surface area contributed by atoms with Crippen molar-refractivity contribution < 1.29 is 4.79 Å². The van der Waals surface area contributed by atoms with Gasteiger partial charge in [0.05, 0.1) is 0 Å². The monoisotopic (exact) mass is 350 g/mol. The molecule has 1 N–H and O–H groups in total. The molecule has 0 spiro atoms. The molecule has 0 aromatic heterocycles. The van der Waals surface area contributed by atoms with Crippen LogP contribution in [-0.4, -0.2) is 37.9 Å². The number of hydrogen-bond acceptors (Lipinski definition) is 3. The van der Waals surface area contributed by atoms with Gasteiger partial charge in [-0.2, -0.15) is 0 Å². The maximum absolute atomic E-state index is 12.3.